The monoisotopic (exact) mass is 328 g/mol. The molecule has 122 valence electrons. The molecule has 0 N–H and O–H groups in total. The molecule has 0 unspecified atom stereocenters. The zero-order valence-electron chi connectivity index (χ0n) is 13.5. The number of nitrogens with zero attached hydrogens (tertiary/aromatic N) is 2. The molecule has 4 aromatic rings. The minimum atomic E-state index is -0.158. The molecule has 1 heterocycles. The molecule has 0 saturated heterocycles. The zero-order valence-corrected chi connectivity index (χ0v) is 13.5. The third-order valence-electron chi connectivity index (χ3n) is 3.99. The van der Waals surface area contributed by atoms with Gasteiger partial charge in [-0.15, -0.1) is 5.10 Å². The van der Waals surface area contributed by atoms with Crippen LogP contribution in [0.25, 0.3) is 16.5 Å². The molecule has 4 nitrogen and oxygen atoms in total. The van der Waals surface area contributed by atoms with Crippen molar-refractivity contribution in [3.05, 3.63) is 101 Å². The van der Waals surface area contributed by atoms with Crippen LogP contribution in [-0.4, -0.2) is 9.78 Å². The van der Waals surface area contributed by atoms with Crippen LogP contribution < -0.4 is 10.3 Å². The summed E-state index contributed by atoms with van der Waals surface area (Å²) in [4.78, 5) is 12.8. The van der Waals surface area contributed by atoms with Crippen LogP contribution in [0.15, 0.2) is 89.7 Å². The molecule has 4 rings (SSSR count). The maximum Gasteiger partial charge on any atom is 0.279 e. The second-order valence-electron chi connectivity index (χ2n) is 5.68. The summed E-state index contributed by atoms with van der Waals surface area (Å²) in [6.45, 7) is 0.394. The van der Waals surface area contributed by atoms with Gasteiger partial charge in [-0.1, -0.05) is 60.7 Å². The molecule has 0 amide bonds. The van der Waals surface area contributed by atoms with Gasteiger partial charge in [0.15, 0.2) is 0 Å². The van der Waals surface area contributed by atoms with E-state index in [1.807, 2.05) is 78.9 Å². The molecule has 1 aromatic heterocycles. The van der Waals surface area contributed by atoms with Crippen molar-refractivity contribution in [3.63, 3.8) is 0 Å². The highest BCUT2D eigenvalue weighted by molar-refractivity contribution is 5.86. The van der Waals surface area contributed by atoms with Crippen molar-refractivity contribution in [2.45, 2.75) is 6.61 Å². The molecule has 0 radical (unpaired) electrons. The lowest BCUT2D eigenvalue weighted by Gasteiger charge is -2.12. The lowest BCUT2D eigenvalue weighted by Crippen LogP contribution is -2.22. The average Bonchev–Trinajstić information content (AvgIpc) is 2.69. The van der Waals surface area contributed by atoms with Crippen molar-refractivity contribution in [1.82, 2.24) is 9.78 Å². The highest BCUT2D eigenvalue weighted by atomic mass is 16.5. The number of ether oxygens (including phenoxy) is 1. The molecule has 0 aliphatic heterocycles. The molecule has 0 aliphatic rings. The molecule has 0 bridgehead atoms. The van der Waals surface area contributed by atoms with Crippen LogP contribution in [0.3, 0.4) is 0 Å². The molecule has 4 heteroatoms. The van der Waals surface area contributed by atoms with Gasteiger partial charge in [-0.25, -0.2) is 0 Å². The summed E-state index contributed by atoms with van der Waals surface area (Å²) in [6.07, 6.45) is 0. The number of hydrogen-bond donors (Lipinski definition) is 0. The molecular weight excluding hydrogens is 312 g/mol. The fourth-order valence-corrected chi connectivity index (χ4v) is 2.74. The van der Waals surface area contributed by atoms with Crippen molar-refractivity contribution in [2.75, 3.05) is 0 Å². The van der Waals surface area contributed by atoms with E-state index in [4.69, 9.17) is 4.74 Å². The molecule has 25 heavy (non-hydrogen) atoms. The second-order valence-corrected chi connectivity index (χ2v) is 5.68. The van der Waals surface area contributed by atoms with E-state index >= 15 is 0 Å². The first-order chi connectivity index (χ1) is 12.3. The van der Waals surface area contributed by atoms with E-state index in [1.165, 1.54) is 4.68 Å². The van der Waals surface area contributed by atoms with E-state index in [9.17, 15) is 4.79 Å². The van der Waals surface area contributed by atoms with Crippen LogP contribution in [-0.2, 0) is 6.61 Å². The Kier molecular flexibility index (Phi) is 4.01. The van der Waals surface area contributed by atoms with E-state index in [0.717, 1.165) is 10.9 Å². The highest BCUT2D eigenvalue weighted by Gasteiger charge is 2.12. The van der Waals surface area contributed by atoms with E-state index in [-0.39, 0.29) is 5.56 Å². The molecule has 0 saturated carbocycles. The first kappa shape index (κ1) is 15.1. The standard InChI is InChI=1S/C21H16N2O2/c24-21-19-14-8-7-13-18(19)20(25-15-16-9-3-1-4-10-16)22-23(21)17-11-5-2-6-12-17/h1-14H,15H2. The van der Waals surface area contributed by atoms with Crippen LogP contribution >= 0.6 is 0 Å². The van der Waals surface area contributed by atoms with Gasteiger partial charge >= 0.3 is 0 Å². The fraction of sp³-hybridized carbons (Fsp3) is 0.0476. The van der Waals surface area contributed by atoms with Crippen molar-refractivity contribution in [2.24, 2.45) is 0 Å². The lowest BCUT2D eigenvalue weighted by atomic mass is 10.2. The summed E-state index contributed by atoms with van der Waals surface area (Å²) >= 11 is 0. The zero-order chi connectivity index (χ0) is 17.1. The van der Waals surface area contributed by atoms with E-state index < -0.39 is 0 Å². The van der Waals surface area contributed by atoms with Crippen LogP contribution in [0.2, 0.25) is 0 Å². The van der Waals surface area contributed by atoms with Crippen LogP contribution in [0, 0.1) is 0 Å². The van der Waals surface area contributed by atoms with E-state index in [2.05, 4.69) is 5.10 Å². The van der Waals surface area contributed by atoms with Gasteiger partial charge in [-0.2, -0.15) is 4.68 Å². The minimum Gasteiger partial charge on any atom is -0.471 e. The molecular formula is C21H16N2O2. The van der Waals surface area contributed by atoms with Gasteiger partial charge in [0, 0.05) is 0 Å². The summed E-state index contributed by atoms with van der Waals surface area (Å²) < 4.78 is 7.34. The molecule has 0 fully saturated rings. The Morgan fingerprint density at radius 1 is 0.760 bits per heavy atom. The van der Waals surface area contributed by atoms with Gasteiger partial charge in [0.1, 0.15) is 6.61 Å². The number of hydrogen-bond acceptors (Lipinski definition) is 3. The first-order valence-corrected chi connectivity index (χ1v) is 8.07. The van der Waals surface area contributed by atoms with Crippen molar-refractivity contribution in [3.8, 4) is 11.6 Å². The van der Waals surface area contributed by atoms with E-state index in [0.29, 0.717) is 23.6 Å². The first-order valence-electron chi connectivity index (χ1n) is 8.07. The van der Waals surface area contributed by atoms with Crippen molar-refractivity contribution >= 4 is 10.8 Å². The number of para-hydroxylation sites is 1. The van der Waals surface area contributed by atoms with Crippen molar-refractivity contribution in [1.29, 1.82) is 0 Å². The van der Waals surface area contributed by atoms with E-state index in [1.54, 1.807) is 6.07 Å². The molecule has 0 spiro atoms. The summed E-state index contributed by atoms with van der Waals surface area (Å²) in [5.41, 5.74) is 1.60. The Balaban J connectivity index is 1.82. The topological polar surface area (TPSA) is 44.1 Å². The van der Waals surface area contributed by atoms with Gasteiger partial charge in [-0.3, -0.25) is 4.79 Å². The highest BCUT2D eigenvalue weighted by Crippen LogP contribution is 2.22. The Morgan fingerprint density at radius 2 is 1.36 bits per heavy atom. The van der Waals surface area contributed by atoms with Crippen LogP contribution in [0.1, 0.15) is 5.56 Å². The van der Waals surface area contributed by atoms with Gasteiger partial charge in [0.2, 0.25) is 5.88 Å². The number of benzene rings is 3. The maximum atomic E-state index is 12.8. The average molecular weight is 328 g/mol. The largest absolute Gasteiger partial charge is 0.471 e. The van der Waals surface area contributed by atoms with Gasteiger partial charge in [-0.05, 0) is 29.8 Å². The van der Waals surface area contributed by atoms with Crippen LogP contribution in [0.4, 0.5) is 0 Å². The summed E-state index contributed by atoms with van der Waals surface area (Å²) in [7, 11) is 0. The summed E-state index contributed by atoms with van der Waals surface area (Å²) in [5.74, 6) is 0.447. The van der Waals surface area contributed by atoms with Crippen LogP contribution in [0.5, 0.6) is 5.88 Å². The quantitative estimate of drug-likeness (QED) is 0.569. The Bertz CT molecular complexity index is 1060. The van der Waals surface area contributed by atoms with Crippen molar-refractivity contribution < 1.29 is 4.74 Å². The lowest BCUT2D eigenvalue weighted by molar-refractivity contribution is 0.292. The summed E-state index contributed by atoms with van der Waals surface area (Å²) in [6, 6.07) is 26.6. The Morgan fingerprint density at radius 3 is 2.08 bits per heavy atom. The predicted molar refractivity (Wildman–Crippen MR) is 98.1 cm³/mol. The predicted octanol–water partition coefficient (Wildman–Crippen LogP) is 3.96. The number of rotatable bonds is 4. The fourth-order valence-electron chi connectivity index (χ4n) is 2.74. The Hall–Kier alpha value is -3.40. The molecule has 3 aromatic carbocycles. The SMILES string of the molecule is O=c1c2ccccc2c(OCc2ccccc2)nn1-c1ccccc1. The Labute approximate surface area is 144 Å². The number of fused-ring (bicyclic) bond motifs is 1. The van der Waals surface area contributed by atoms with Gasteiger partial charge in [0.05, 0.1) is 16.5 Å². The normalized spacial score (nSPS) is 10.7. The third kappa shape index (κ3) is 3.02. The summed E-state index contributed by atoms with van der Waals surface area (Å²) in [5, 5.41) is 5.77. The van der Waals surface area contributed by atoms with Gasteiger partial charge < -0.3 is 4.74 Å². The minimum absolute atomic E-state index is 0.158. The van der Waals surface area contributed by atoms with Gasteiger partial charge in [0.25, 0.3) is 5.56 Å². The smallest absolute Gasteiger partial charge is 0.279 e. The maximum absolute atomic E-state index is 12.8. The molecule has 0 atom stereocenters. The molecule has 0 aliphatic carbocycles. The third-order valence-corrected chi connectivity index (χ3v) is 3.99. The number of aromatic nitrogens is 2. The second kappa shape index (κ2) is 6.61.